The molecule has 5 heteroatoms. The van der Waals surface area contributed by atoms with Crippen molar-refractivity contribution in [1.29, 1.82) is 0 Å². The van der Waals surface area contributed by atoms with Crippen molar-refractivity contribution < 1.29 is 9.69 Å². The topological polar surface area (TPSA) is 37.6 Å². The SMILES string of the molecule is CN(Cc1nc2ccccc2s1)C(=O)C[NH+]1CC=C(c2ccccc2)CC1. The van der Waals surface area contributed by atoms with E-state index >= 15 is 0 Å². The highest BCUT2D eigenvalue weighted by Gasteiger charge is 2.21. The Morgan fingerprint density at radius 2 is 1.93 bits per heavy atom. The van der Waals surface area contributed by atoms with Crippen molar-refractivity contribution in [2.24, 2.45) is 0 Å². The number of aromatic nitrogens is 1. The minimum atomic E-state index is 0.181. The number of nitrogens with one attached hydrogen (secondary N) is 1. The lowest BCUT2D eigenvalue weighted by Crippen LogP contribution is -3.13. The van der Waals surface area contributed by atoms with E-state index in [-0.39, 0.29) is 5.91 Å². The summed E-state index contributed by atoms with van der Waals surface area (Å²) in [4.78, 5) is 20.4. The normalized spacial score (nSPS) is 16.9. The Bertz CT molecular complexity index is 931. The fourth-order valence-corrected chi connectivity index (χ4v) is 4.51. The molecule has 0 radical (unpaired) electrons. The molecule has 1 unspecified atom stereocenters. The number of hydrogen-bond donors (Lipinski definition) is 1. The molecule has 1 aliphatic rings. The van der Waals surface area contributed by atoms with E-state index in [1.165, 1.54) is 20.7 Å². The molecule has 1 amide bonds. The van der Waals surface area contributed by atoms with Crippen LogP contribution in [0.3, 0.4) is 0 Å². The number of quaternary nitrogens is 1. The van der Waals surface area contributed by atoms with Crippen LogP contribution in [0.2, 0.25) is 0 Å². The number of hydrogen-bond acceptors (Lipinski definition) is 3. The van der Waals surface area contributed by atoms with Crippen LogP contribution in [-0.2, 0) is 11.3 Å². The van der Waals surface area contributed by atoms with Gasteiger partial charge in [-0.2, -0.15) is 0 Å². The van der Waals surface area contributed by atoms with Gasteiger partial charge in [-0.15, -0.1) is 11.3 Å². The summed E-state index contributed by atoms with van der Waals surface area (Å²) < 4.78 is 1.17. The molecule has 1 aromatic heterocycles. The molecular formula is C22H24N3OS+. The number of benzene rings is 2. The Hall–Kier alpha value is -2.50. The maximum absolute atomic E-state index is 12.6. The van der Waals surface area contributed by atoms with Gasteiger partial charge in [-0.25, -0.2) is 4.98 Å². The first kappa shape index (κ1) is 17.9. The zero-order chi connectivity index (χ0) is 18.6. The van der Waals surface area contributed by atoms with E-state index in [1.54, 1.807) is 16.2 Å². The summed E-state index contributed by atoms with van der Waals surface area (Å²) in [5, 5.41) is 0.993. The van der Waals surface area contributed by atoms with Gasteiger partial charge >= 0.3 is 0 Å². The van der Waals surface area contributed by atoms with E-state index in [4.69, 9.17) is 0 Å². The summed E-state index contributed by atoms with van der Waals surface area (Å²) in [6.45, 7) is 3.03. The van der Waals surface area contributed by atoms with Gasteiger partial charge in [-0.3, -0.25) is 4.79 Å². The Kier molecular flexibility index (Phi) is 5.32. The highest BCUT2D eigenvalue weighted by molar-refractivity contribution is 7.18. The standard InChI is InChI=1S/C22H23N3OS/c1-24(15-21-23-19-9-5-6-10-20(19)27-21)22(26)16-25-13-11-18(12-14-25)17-7-3-2-4-8-17/h2-11H,12-16H2,1H3/p+1. The number of rotatable bonds is 5. The molecule has 1 N–H and O–H groups in total. The molecule has 0 spiro atoms. The molecule has 2 aromatic carbocycles. The van der Waals surface area contributed by atoms with Crippen LogP contribution in [0, 0.1) is 0 Å². The second-order valence-corrected chi connectivity index (χ2v) is 8.17. The predicted octanol–water partition coefficient (Wildman–Crippen LogP) is 2.63. The van der Waals surface area contributed by atoms with Crippen LogP contribution < -0.4 is 4.90 Å². The van der Waals surface area contributed by atoms with Crippen molar-refractivity contribution in [3.8, 4) is 0 Å². The van der Waals surface area contributed by atoms with Crippen molar-refractivity contribution in [2.75, 3.05) is 26.7 Å². The van der Waals surface area contributed by atoms with E-state index in [1.807, 2.05) is 31.3 Å². The number of likely N-dealkylation sites (N-methyl/N-ethyl adjacent to an activating group) is 1. The number of carbonyl (C=O) groups excluding carboxylic acids is 1. The third-order valence-corrected chi connectivity index (χ3v) is 6.09. The molecule has 138 valence electrons. The molecular weight excluding hydrogens is 354 g/mol. The first-order valence-corrected chi connectivity index (χ1v) is 10.2. The number of amides is 1. The molecule has 0 aliphatic carbocycles. The predicted molar refractivity (Wildman–Crippen MR) is 111 cm³/mol. The quantitative estimate of drug-likeness (QED) is 0.741. The molecule has 2 heterocycles. The van der Waals surface area contributed by atoms with E-state index in [0.717, 1.165) is 30.0 Å². The zero-order valence-corrected chi connectivity index (χ0v) is 16.3. The molecule has 0 fully saturated rings. The van der Waals surface area contributed by atoms with Gasteiger partial charge in [0.15, 0.2) is 6.54 Å². The molecule has 3 aromatic rings. The summed E-state index contributed by atoms with van der Waals surface area (Å²) in [6, 6.07) is 18.6. The lowest BCUT2D eigenvalue weighted by molar-refractivity contribution is -0.887. The van der Waals surface area contributed by atoms with Crippen LogP contribution in [0.5, 0.6) is 0 Å². The van der Waals surface area contributed by atoms with Gasteiger partial charge in [0.25, 0.3) is 5.91 Å². The largest absolute Gasteiger partial charge is 0.334 e. The average molecular weight is 379 g/mol. The summed E-state index contributed by atoms with van der Waals surface area (Å²) in [6.07, 6.45) is 3.31. The first-order chi connectivity index (χ1) is 13.2. The van der Waals surface area contributed by atoms with Crippen LogP contribution in [0.4, 0.5) is 0 Å². The molecule has 0 bridgehead atoms. The van der Waals surface area contributed by atoms with Crippen molar-refractivity contribution in [3.63, 3.8) is 0 Å². The van der Waals surface area contributed by atoms with Gasteiger partial charge in [0.05, 0.1) is 29.9 Å². The number of fused-ring (bicyclic) bond motifs is 1. The van der Waals surface area contributed by atoms with Crippen LogP contribution in [0.15, 0.2) is 60.7 Å². The van der Waals surface area contributed by atoms with Crippen LogP contribution in [0.1, 0.15) is 17.0 Å². The van der Waals surface area contributed by atoms with E-state index in [2.05, 4.69) is 41.4 Å². The third-order valence-electron chi connectivity index (χ3n) is 5.07. The summed E-state index contributed by atoms with van der Waals surface area (Å²) in [5.41, 5.74) is 3.71. The molecule has 0 saturated heterocycles. The fourth-order valence-electron chi connectivity index (χ4n) is 3.49. The summed E-state index contributed by atoms with van der Waals surface area (Å²) in [5.74, 6) is 0.181. The van der Waals surface area contributed by atoms with Crippen molar-refractivity contribution in [2.45, 2.75) is 13.0 Å². The van der Waals surface area contributed by atoms with Crippen molar-refractivity contribution in [1.82, 2.24) is 9.88 Å². The van der Waals surface area contributed by atoms with Gasteiger partial charge in [0, 0.05) is 13.5 Å². The van der Waals surface area contributed by atoms with Gasteiger partial charge in [0.2, 0.25) is 0 Å². The monoisotopic (exact) mass is 378 g/mol. The second kappa shape index (κ2) is 8.03. The average Bonchev–Trinajstić information content (AvgIpc) is 3.11. The summed E-state index contributed by atoms with van der Waals surface area (Å²) in [7, 11) is 1.88. The minimum absolute atomic E-state index is 0.181. The molecule has 27 heavy (non-hydrogen) atoms. The number of para-hydroxylation sites is 1. The third kappa shape index (κ3) is 4.26. The Morgan fingerprint density at radius 1 is 1.15 bits per heavy atom. The molecule has 1 aliphatic heterocycles. The highest BCUT2D eigenvalue weighted by Crippen LogP contribution is 2.22. The molecule has 0 saturated carbocycles. The maximum atomic E-state index is 12.6. The Labute approximate surface area is 163 Å². The van der Waals surface area contributed by atoms with Crippen molar-refractivity contribution >= 4 is 33.0 Å². The first-order valence-electron chi connectivity index (χ1n) is 9.35. The van der Waals surface area contributed by atoms with Crippen molar-refractivity contribution in [3.05, 3.63) is 71.2 Å². The smallest absolute Gasteiger partial charge is 0.277 e. The maximum Gasteiger partial charge on any atom is 0.277 e. The van der Waals surface area contributed by atoms with Crippen LogP contribution in [0.25, 0.3) is 15.8 Å². The Balaban J connectivity index is 1.33. The van der Waals surface area contributed by atoms with Crippen LogP contribution in [-0.4, -0.2) is 42.5 Å². The molecule has 1 atom stereocenters. The minimum Gasteiger partial charge on any atom is -0.334 e. The van der Waals surface area contributed by atoms with Crippen LogP contribution >= 0.6 is 11.3 Å². The lowest BCUT2D eigenvalue weighted by atomic mass is 10.00. The lowest BCUT2D eigenvalue weighted by Gasteiger charge is -2.25. The number of carbonyl (C=O) groups is 1. The summed E-state index contributed by atoms with van der Waals surface area (Å²) >= 11 is 1.67. The fraction of sp³-hybridized carbons (Fsp3) is 0.273. The van der Waals surface area contributed by atoms with E-state index < -0.39 is 0 Å². The van der Waals surface area contributed by atoms with E-state index in [9.17, 15) is 4.79 Å². The molecule has 4 nitrogen and oxygen atoms in total. The zero-order valence-electron chi connectivity index (χ0n) is 15.5. The number of thiazole rings is 1. The molecule has 4 rings (SSSR count). The highest BCUT2D eigenvalue weighted by atomic mass is 32.1. The van der Waals surface area contributed by atoms with E-state index in [0.29, 0.717) is 13.1 Å². The van der Waals surface area contributed by atoms with Gasteiger partial charge < -0.3 is 9.80 Å². The number of nitrogens with zero attached hydrogens (tertiary/aromatic N) is 2. The van der Waals surface area contributed by atoms with Gasteiger partial charge in [-0.1, -0.05) is 42.5 Å². The van der Waals surface area contributed by atoms with Gasteiger partial charge in [-0.05, 0) is 29.3 Å². The van der Waals surface area contributed by atoms with Gasteiger partial charge in [0.1, 0.15) is 5.01 Å². The second-order valence-electron chi connectivity index (χ2n) is 7.05. The Morgan fingerprint density at radius 3 is 2.67 bits per heavy atom.